The summed E-state index contributed by atoms with van der Waals surface area (Å²) in [6, 6.07) is 15.1. The molecule has 0 aliphatic carbocycles. The Kier molecular flexibility index (Phi) is 6.53. The molecule has 4 aromatic rings. The minimum Gasteiger partial charge on any atom is -0.455 e. The summed E-state index contributed by atoms with van der Waals surface area (Å²) in [6.45, 7) is 4.98. The summed E-state index contributed by atoms with van der Waals surface area (Å²) < 4.78 is 38.7. The Hall–Kier alpha value is -4.02. The van der Waals surface area contributed by atoms with Gasteiger partial charge in [-0.15, -0.1) is 0 Å². The predicted molar refractivity (Wildman–Crippen MR) is 128 cm³/mol. The van der Waals surface area contributed by atoms with E-state index in [2.05, 4.69) is 27.2 Å². The Bertz CT molecular complexity index is 1410. The molecule has 3 heterocycles. The molecule has 0 spiro atoms. The summed E-state index contributed by atoms with van der Waals surface area (Å²) >= 11 is 0. The predicted octanol–water partition coefficient (Wildman–Crippen LogP) is 3.97. The Morgan fingerprint density at radius 2 is 1.61 bits per heavy atom. The van der Waals surface area contributed by atoms with Crippen molar-refractivity contribution in [3.63, 3.8) is 0 Å². The molecule has 5 rings (SSSR count). The molecule has 10 heteroatoms. The van der Waals surface area contributed by atoms with Crippen molar-refractivity contribution in [2.75, 3.05) is 31.5 Å². The SMILES string of the molecule is NC(=O)c1oc2c(F)cc(F)cc2c1NC(=O)c1ccc(CN2CCN(Cc3ccccc3)CC2)o1. The van der Waals surface area contributed by atoms with Crippen molar-refractivity contribution in [2.24, 2.45) is 5.73 Å². The highest BCUT2D eigenvalue weighted by Gasteiger charge is 2.25. The van der Waals surface area contributed by atoms with Gasteiger partial charge >= 0.3 is 0 Å². The van der Waals surface area contributed by atoms with Gasteiger partial charge in [0.1, 0.15) is 17.3 Å². The molecule has 2 amide bonds. The van der Waals surface area contributed by atoms with Gasteiger partial charge < -0.3 is 19.9 Å². The average Bonchev–Trinajstić information content (AvgIpc) is 3.46. The number of benzene rings is 2. The third-order valence-corrected chi connectivity index (χ3v) is 6.15. The van der Waals surface area contributed by atoms with Crippen LogP contribution in [0.1, 0.15) is 32.4 Å². The standard InChI is InChI=1S/C26H24F2N4O4/c27-17-12-19-22(24(25(29)33)36-23(19)20(28)13-17)30-26(34)21-7-6-18(35-21)15-32-10-8-31(9-11-32)14-16-4-2-1-3-5-16/h1-7,12-13H,8-11,14-15H2,(H2,29,33)(H,30,34). The second-order valence-corrected chi connectivity index (χ2v) is 8.69. The largest absolute Gasteiger partial charge is 0.455 e. The molecule has 186 valence electrons. The molecular weight excluding hydrogens is 470 g/mol. The zero-order chi connectivity index (χ0) is 25.2. The highest BCUT2D eigenvalue weighted by molar-refractivity contribution is 6.13. The monoisotopic (exact) mass is 494 g/mol. The first-order chi connectivity index (χ1) is 17.4. The second kappa shape index (κ2) is 9.92. The number of anilines is 1. The summed E-state index contributed by atoms with van der Waals surface area (Å²) in [4.78, 5) is 29.2. The van der Waals surface area contributed by atoms with Gasteiger partial charge in [-0.1, -0.05) is 30.3 Å². The van der Waals surface area contributed by atoms with E-state index < -0.39 is 29.2 Å². The Labute approximate surface area is 205 Å². The summed E-state index contributed by atoms with van der Waals surface area (Å²) in [5.41, 5.74) is 5.99. The van der Waals surface area contributed by atoms with Gasteiger partial charge in [-0.05, 0) is 23.8 Å². The van der Waals surface area contributed by atoms with E-state index in [4.69, 9.17) is 14.6 Å². The zero-order valence-electron chi connectivity index (χ0n) is 19.3. The van der Waals surface area contributed by atoms with Crippen LogP contribution < -0.4 is 11.1 Å². The molecule has 1 fully saturated rings. The van der Waals surface area contributed by atoms with Crippen LogP contribution in [0.3, 0.4) is 0 Å². The Morgan fingerprint density at radius 1 is 0.917 bits per heavy atom. The van der Waals surface area contributed by atoms with E-state index in [1.54, 1.807) is 6.07 Å². The maximum Gasteiger partial charge on any atom is 0.291 e. The lowest BCUT2D eigenvalue weighted by Crippen LogP contribution is -2.45. The van der Waals surface area contributed by atoms with E-state index in [0.717, 1.165) is 38.8 Å². The van der Waals surface area contributed by atoms with Gasteiger partial charge in [-0.25, -0.2) is 8.78 Å². The number of nitrogens with one attached hydrogen (secondary N) is 1. The highest BCUT2D eigenvalue weighted by atomic mass is 19.1. The summed E-state index contributed by atoms with van der Waals surface area (Å²) in [5.74, 6) is -3.55. The van der Waals surface area contributed by atoms with Crippen molar-refractivity contribution in [3.05, 3.63) is 89.1 Å². The fraction of sp³-hybridized carbons (Fsp3) is 0.231. The molecule has 2 aromatic carbocycles. The third-order valence-electron chi connectivity index (χ3n) is 6.15. The molecule has 36 heavy (non-hydrogen) atoms. The van der Waals surface area contributed by atoms with Crippen LogP contribution in [0, 0.1) is 11.6 Å². The van der Waals surface area contributed by atoms with Gasteiger partial charge in [0, 0.05) is 38.8 Å². The van der Waals surface area contributed by atoms with E-state index in [1.165, 1.54) is 11.6 Å². The van der Waals surface area contributed by atoms with Crippen LogP contribution in [-0.2, 0) is 13.1 Å². The normalized spacial score (nSPS) is 14.8. The fourth-order valence-corrected chi connectivity index (χ4v) is 4.35. The lowest BCUT2D eigenvalue weighted by Gasteiger charge is -2.34. The van der Waals surface area contributed by atoms with Crippen LogP contribution in [0.4, 0.5) is 14.5 Å². The first-order valence-electron chi connectivity index (χ1n) is 11.5. The molecule has 8 nitrogen and oxygen atoms in total. The fourth-order valence-electron chi connectivity index (χ4n) is 4.35. The number of rotatable bonds is 7. The molecular formula is C26H24F2N4O4. The number of primary amides is 1. The van der Waals surface area contributed by atoms with Gasteiger partial charge in [0.2, 0.25) is 5.76 Å². The number of carbonyl (C=O) groups excluding carboxylic acids is 2. The molecule has 0 radical (unpaired) electrons. The van der Waals surface area contributed by atoms with E-state index in [1.807, 2.05) is 18.2 Å². The van der Waals surface area contributed by atoms with Gasteiger partial charge in [-0.2, -0.15) is 0 Å². The van der Waals surface area contributed by atoms with Crippen molar-refractivity contribution in [2.45, 2.75) is 13.1 Å². The lowest BCUT2D eigenvalue weighted by molar-refractivity contribution is 0.0976. The molecule has 1 aliphatic heterocycles. The number of amides is 2. The minimum absolute atomic E-state index is 0.0191. The first-order valence-corrected chi connectivity index (χ1v) is 11.5. The van der Waals surface area contributed by atoms with Crippen molar-refractivity contribution >= 4 is 28.5 Å². The Morgan fingerprint density at radius 3 is 2.31 bits per heavy atom. The number of hydrogen-bond donors (Lipinski definition) is 2. The maximum absolute atomic E-state index is 14.1. The van der Waals surface area contributed by atoms with E-state index in [9.17, 15) is 18.4 Å². The number of nitrogens with zero attached hydrogens (tertiary/aromatic N) is 2. The van der Waals surface area contributed by atoms with Crippen molar-refractivity contribution in [3.8, 4) is 0 Å². The smallest absolute Gasteiger partial charge is 0.291 e. The average molecular weight is 494 g/mol. The molecule has 0 bridgehead atoms. The van der Waals surface area contributed by atoms with Crippen LogP contribution in [0.5, 0.6) is 0 Å². The van der Waals surface area contributed by atoms with Gasteiger partial charge in [-0.3, -0.25) is 19.4 Å². The van der Waals surface area contributed by atoms with Crippen molar-refractivity contribution in [1.82, 2.24) is 9.80 Å². The summed E-state index contributed by atoms with van der Waals surface area (Å²) in [5, 5.41) is 2.33. The van der Waals surface area contributed by atoms with Gasteiger partial charge in [0.15, 0.2) is 17.2 Å². The van der Waals surface area contributed by atoms with E-state index in [0.29, 0.717) is 18.4 Å². The summed E-state index contributed by atoms with van der Waals surface area (Å²) in [7, 11) is 0. The van der Waals surface area contributed by atoms with Gasteiger partial charge in [0.05, 0.1) is 11.9 Å². The number of fused-ring (bicyclic) bond motifs is 1. The number of halogens is 2. The lowest BCUT2D eigenvalue weighted by atomic mass is 10.2. The quantitative estimate of drug-likeness (QED) is 0.403. The topological polar surface area (TPSA) is 105 Å². The molecule has 0 saturated carbocycles. The van der Waals surface area contributed by atoms with Crippen LogP contribution in [0.2, 0.25) is 0 Å². The van der Waals surface area contributed by atoms with Crippen LogP contribution in [-0.4, -0.2) is 47.8 Å². The molecule has 2 aromatic heterocycles. The number of piperazine rings is 1. The molecule has 1 saturated heterocycles. The maximum atomic E-state index is 14.1. The number of nitrogens with two attached hydrogens (primary N) is 1. The summed E-state index contributed by atoms with van der Waals surface area (Å²) in [6.07, 6.45) is 0. The van der Waals surface area contributed by atoms with E-state index >= 15 is 0 Å². The molecule has 1 aliphatic rings. The second-order valence-electron chi connectivity index (χ2n) is 8.69. The van der Waals surface area contributed by atoms with Gasteiger partial charge in [0.25, 0.3) is 11.8 Å². The van der Waals surface area contributed by atoms with Crippen LogP contribution >= 0.6 is 0 Å². The van der Waals surface area contributed by atoms with Crippen molar-refractivity contribution < 1.29 is 27.2 Å². The molecule has 0 unspecified atom stereocenters. The first kappa shape index (κ1) is 23.7. The Balaban J connectivity index is 1.23. The van der Waals surface area contributed by atoms with Crippen molar-refractivity contribution in [1.29, 1.82) is 0 Å². The highest BCUT2D eigenvalue weighted by Crippen LogP contribution is 2.33. The third kappa shape index (κ3) is 5.00. The number of furan rings is 2. The molecule has 3 N–H and O–H groups in total. The van der Waals surface area contributed by atoms with E-state index in [-0.39, 0.29) is 22.4 Å². The minimum atomic E-state index is -1.03. The number of hydrogen-bond acceptors (Lipinski definition) is 6. The zero-order valence-corrected chi connectivity index (χ0v) is 19.3. The van der Waals surface area contributed by atoms with Crippen LogP contribution in [0.25, 0.3) is 11.0 Å². The number of carbonyl (C=O) groups is 2. The van der Waals surface area contributed by atoms with Crippen LogP contribution in [0.15, 0.2) is 63.4 Å². The molecule has 0 atom stereocenters.